The quantitative estimate of drug-likeness (QED) is 0.0762. The number of cyclic esters (lactones) is 1. The second-order valence-corrected chi connectivity index (χ2v) is 24.0. The van der Waals surface area contributed by atoms with Gasteiger partial charge in [-0.05, 0) is 121 Å². The van der Waals surface area contributed by atoms with Crippen molar-refractivity contribution < 1.29 is 67.3 Å². The highest BCUT2D eigenvalue weighted by Crippen LogP contribution is 2.38. The van der Waals surface area contributed by atoms with Crippen LogP contribution in [0.5, 0.6) is 0 Å². The lowest BCUT2D eigenvalue weighted by Crippen LogP contribution is -2.61. The van der Waals surface area contributed by atoms with E-state index in [9.17, 15) is 34.2 Å². The molecular weight excluding hydrogens is 1010 g/mol. The number of hydrogen-bond donors (Lipinski definition) is 2. The molecule has 5 rings (SSSR count). The third kappa shape index (κ3) is 19.0. The number of ether oxygens (including phenoxy) is 7. The maximum absolute atomic E-state index is 14.7. The normalized spacial score (nSPS) is 37.1. The fourth-order valence-electron chi connectivity index (χ4n) is 12.3. The van der Waals surface area contributed by atoms with Crippen molar-refractivity contribution in [2.24, 2.45) is 35.5 Å². The van der Waals surface area contributed by atoms with Crippen molar-refractivity contribution in [2.75, 3.05) is 80.4 Å². The second-order valence-electron chi connectivity index (χ2n) is 24.0. The molecule has 3 saturated heterocycles. The van der Waals surface area contributed by atoms with Crippen LogP contribution >= 0.6 is 0 Å². The molecule has 0 radical (unpaired) electrons. The summed E-state index contributed by atoms with van der Waals surface area (Å²) in [5, 5.41) is 23.8. The molecule has 1 amide bonds. The highest BCUT2D eigenvalue weighted by molar-refractivity contribution is 6.39. The summed E-state index contributed by atoms with van der Waals surface area (Å²) in [5.74, 6) is -7.91. The number of fused-ring (bicyclic) bond motifs is 3. The van der Waals surface area contributed by atoms with Gasteiger partial charge in [0.25, 0.3) is 11.7 Å². The lowest BCUT2D eigenvalue weighted by Gasteiger charge is -2.43. The van der Waals surface area contributed by atoms with E-state index in [1.165, 1.54) is 12.0 Å². The third-order valence-electron chi connectivity index (χ3n) is 17.7. The summed E-state index contributed by atoms with van der Waals surface area (Å²) in [5.41, 5.74) is 1.26. The lowest BCUT2D eigenvalue weighted by atomic mass is 9.78. The summed E-state index contributed by atoms with van der Waals surface area (Å²) in [4.78, 5) is 78.2. The van der Waals surface area contributed by atoms with Crippen LogP contribution in [0.15, 0.2) is 47.6 Å². The average molecular weight is 1110 g/mol. The highest BCUT2D eigenvalue weighted by atomic mass is 16.6. The van der Waals surface area contributed by atoms with Crippen LogP contribution in [0.4, 0.5) is 0 Å². The number of aliphatic hydroxyl groups is 2. The Morgan fingerprint density at radius 3 is 2.19 bits per heavy atom. The molecule has 4 heterocycles. The molecule has 79 heavy (non-hydrogen) atoms. The van der Waals surface area contributed by atoms with Gasteiger partial charge in [-0.25, -0.2) is 4.79 Å². The van der Waals surface area contributed by atoms with Gasteiger partial charge in [-0.3, -0.25) is 29.0 Å². The predicted molar refractivity (Wildman–Crippen MR) is 303 cm³/mol. The van der Waals surface area contributed by atoms with Crippen LogP contribution in [0.1, 0.15) is 139 Å². The van der Waals surface area contributed by atoms with Gasteiger partial charge in [0.1, 0.15) is 30.1 Å². The van der Waals surface area contributed by atoms with Crippen molar-refractivity contribution in [1.82, 2.24) is 14.7 Å². The van der Waals surface area contributed by atoms with Crippen LogP contribution in [-0.2, 0) is 57.1 Å². The molecule has 17 heteroatoms. The van der Waals surface area contributed by atoms with Crippen LogP contribution in [-0.4, -0.2) is 195 Å². The number of methoxy groups -OCH3 is 3. The van der Waals surface area contributed by atoms with Gasteiger partial charge in [-0.2, -0.15) is 0 Å². The Morgan fingerprint density at radius 2 is 1.51 bits per heavy atom. The summed E-state index contributed by atoms with van der Waals surface area (Å²) < 4.78 is 42.4. The largest absolute Gasteiger partial charge is 0.460 e. The van der Waals surface area contributed by atoms with Crippen molar-refractivity contribution in [3.63, 3.8) is 0 Å². The van der Waals surface area contributed by atoms with Crippen LogP contribution in [0.3, 0.4) is 0 Å². The number of Topliss-reactive ketones (excluding diaryl/α,β-unsaturated/α-hetero) is 3. The number of piperazine rings is 1. The Morgan fingerprint density at radius 1 is 0.772 bits per heavy atom. The number of piperidine rings is 1. The summed E-state index contributed by atoms with van der Waals surface area (Å²) in [7, 11) is 4.70. The Labute approximate surface area is 473 Å². The molecule has 448 valence electrons. The van der Waals surface area contributed by atoms with E-state index in [4.69, 9.17) is 33.2 Å². The summed E-state index contributed by atoms with van der Waals surface area (Å²) in [6.07, 6.45) is 12.4. The molecule has 15 atom stereocenters. The number of ketones is 3. The van der Waals surface area contributed by atoms with Crippen molar-refractivity contribution in [3.05, 3.63) is 47.6 Å². The number of amides is 1. The molecule has 4 fully saturated rings. The van der Waals surface area contributed by atoms with Gasteiger partial charge in [0.05, 0.1) is 44.2 Å². The molecule has 0 aromatic carbocycles. The number of hydrogen-bond acceptors (Lipinski definition) is 16. The molecule has 2 N–H and O–H groups in total. The van der Waals surface area contributed by atoms with Crippen molar-refractivity contribution in [1.29, 1.82) is 0 Å². The molecule has 2 bridgehead atoms. The Balaban J connectivity index is 1.41. The van der Waals surface area contributed by atoms with Gasteiger partial charge in [-0.1, -0.05) is 71.1 Å². The van der Waals surface area contributed by atoms with Crippen molar-refractivity contribution >= 4 is 29.2 Å². The molecule has 5 aliphatic rings. The molecule has 0 aromatic rings. The first-order valence-electron chi connectivity index (χ1n) is 29.8. The first-order chi connectivity index (χ1) is 37.6. The highest BCUT2D eigenvalue weighted by Gasteiger charge is 2.53. The Kier molecular flexibility index (Phi) is 27.2. The van der Waals surface area contributed by atoms with Gasteiger partial charge in [0, 0.05) is 97.2 Å². The van der Waals surface area contributed by atoms with E-state index in [0.29, 0.717) is 63.4 Å². The topological polar surface area (TPSA) is 200 Å². The number of carbonyl (C=O) groups excluding carboxylic acids is 5. The molecule has 0 aromatic heterocycles. The number of rotatable bonds is 14. The zero-order valence-corrected chi connectivity index (χ0v) is 50.1. The van der Waals surface area contributed by atoms with Crippen LogP contribution in [0, 0.1) is 35.5 Å². The van der Waals surface area contributed by atoms with E-state index in [2.05, 4.69) is 23.6 Å². The van der Waals surface area contributed by atoms with E-state index in [0.717, 1.165) is 57.6 Å². The summed E-state index contributed by atoms with van der Waals surface area (Å²) in [6, 6.07) is -0.607. The fourth-order valence-corrected chi connectivity index (χ4v) is 12.3. The first-order valence-corrected chi connectivity index (χ1v) is 29.8. The Hall–Kier alpha value is -3.49. The van der Waals surface area contributed by atoms with Crippen LogP contribution in [0.2, 0.25) is 0 Å². The standard InChI is InChI=1S/C62H101N3O14/c1-40(2)64-28-26-63(27-29-64)30-31-76-52-24-22-48(37-55(52)74-11)36-44(6)54-39-51(66)43(5)35-46(8)57(68)58(75-12)56(67)45(7)34-41(3)18-14-13-15-19-42(4)53(77-33-32-73-10)38-49-23-21-47(9)62(72,79-49)59(69)60(70)65-25-17-16-20-50(65)61(71)78-54/h13-15,18-19,35,40-41,43-45,47-50,52-55,57-58,68,72H,16-17,20-34,36-39H2,1-12H3/b15-13+,18-14+,42-19+,46-35+/t41-,43-,44-,45-,47-,48+,49+,50?,52-,53?,54+,55-,57-,58+,62-/m1/s1. The molecule has 17 nitrogen and oxygen atoms in total. The molecular formula is C62H101N3O14. The van der Waals surface area contributed by atoms with Crippen molar-refractivity contribution in [2.45, 2.75) is 200 Å². The number of carbonyl (C=O) groups is 5. The lowest BCUT2D eigenvalue weighted by molar-refractivity contribution is -0.266. The van der Waals surface area contributed by atoms with E-state index in [1.807, 2.05) is 58.1 Å². The van der Waals surface area contributed by atoms with E-state index < -0.39 is 77.8 Å². The maximum Gasteiger partial charge on any atom is 0.329 e. The SMILES string of the molecule is COCCOC1C[C@@H]2CC[C@@H](C)[C@@](O)(O2)C(=O)C(=O)N2CCCCC2C(=O)O[C@H]([C@H](C)C[C@@H]2CC[C@@H](OCCN3CCN(C(C)C)CC3)[C@H](OC)C2)CC(=O)[C@H](C)/C=C(\C)[C@@H](O)[C@@H](OC)C(=O)[C@H](C)C[C@H](C)/C=C/C=C/C=C/1C. The average Bonchev–Trinajstić information content (AvgIpc) is 3.47. The van der Waals surface area contributed by atoms with E-state index in [-0.39, 0.29) is 73.9 Å². The third-order valence-corrected chi connectivity index (χ3v) is 17.7. The number of nitrogens with zero attached hydrogens (tertiary/aromatic N) is 3. The Bertz CT molecular complexity index is 2090. The van der Waals surface area contributed by atoms with Gasteiger partial charge in [0.2, 0.25) is 5.79 Å². The minimum absolute atomic E-state index is 0.00459. The van der Waals surface area contributed by atoms with E-state index in [1.54, 1.807) is 41.1 Å². The van der Waals surface area contributed by atoms with Gasteiger partial charge in [-0.15, -0.1) is 0 Å². The summed E-state index contributed by atoms with van der Waals surface area (Å²) >= 11 is 0. The minimum atomic E-state index is -2.46. The monoisotopic (exact) mass is 1110 g/mol. The van der Waals surface area contributed by atoms with Crippen LogP contribution < -0.4 is 0 Å². The van der Waals surface area contributed by atoms with E-state index >= 15 is 0 Å². The molecule has 1 aliphatic carbocycles. The van der Waals surface area contributed by atoms with Gasteiger partial charge < -0.3 is 48.3 Å². The smallest absolute Gasteiger partial charge is 0.329 e. The zero-order chi connectivity index (χ0) is 58.0. The molecule has 1 saturated carbocycles. The van der Waals surface area contributed by atoms with Gasteiger partial charge >= 0.3 is 5.97 Å². The maximum atomic E-state index is 14.7. The second kappa shape index (κ2) is 32.4. The van der Waals surface area contributed by atoms with Gasteiger partial charge in [0.15, 0.2) is 5.78 Å². The molecule has 0 spiro atoms. The molecule has 4 aliphatic heterocycles. The number of aliphatic hydroxyl groups excluding tert-OH is 1. The summed E-state index contributed by atoms with van der Waals surface area (Å²) in [6.45, 7) is 23.7. The van der Waals surface area contributed by atoms with Crippen LogP contribution in [0.25, 0.3) is 0 Å². The molecule has 2 unspecified atom stereocenters. The number of esters is 1. The zero-order valence-electron chi connectivity index (χ0n) is 50.1. The predicted octanol–water partition coefficient (Wildman–Crippen LogP) is 7.25. The van der Waals surface area contributed by atoms with Crippen molar-refractivity contribution in [3.8, 4) is 0 Å². The fraction of sp³-hybridized carbons (Fsp3) is 0.790. The number of allylic oxidation sites excluding steroid dienone is 6. The first kappa shape index (κ1) is 66.3. The minimum Gasteiger partial charge on any atom is -0.460 e.